The standard InChI is InChI=1S/C21H18F3N5O/c22-21(23,24)18-11-16(15-9-5-2-6-10-15)26-19-12-17(28-29(18)19)20(30)27-25-13-14-7-3-1-4-8-14/h1-3,5-6,9-14H,4,7-8H2,(H,27,30)/b25-13-/t14-/m1/s1. The molecule has 2 heterocycles. The molecule has 0 fully saturated rings. The molecule has 0 bridgehead atoms. The lowest BCUT2D eigenvalue weighted by atomic mass is 9.96. The number of alkyl halides is 3. The lowest BCUT2D eigenvalue weighted by Crippen LogP contribution is -2.20. The number of aromatic nitrogens is 3. The summed E-state index contributed by atoms with van der Waals surface area (Å²) >= 11 is 0. The monoisotopic (exact) mass is 413 g/mol. The van der Waals surface area contributed by atoms with Crippen molar-refractivity contribution >= 4 is 17.8 Å². The van der Waals surface area contributed by atoms with Crippen molar-refractivity contribution in [3.05, 3.63) is 66.0 Å². The van der Waals surface area contributed by atoms with E-state index >= 15 is 0 Å². The summed E-state index contributed by atoms with van der Waals surface area (Å²) in [4.78, 5) is 16.6. The van der Waals surface area contributed by atoms with Gasteiger partial charge in [-0.3, -0.25) is 4.79 Å². The number of hydrogen-bond acceptors (Lipinski definition) is 4. The zero-order valence-corrected chi connectivity index (χ0v) is 15.8. The smallest absolute Gasteiger partial charge is 0.265 e. The summed E-state index contributed by atoms with van der Waals surface area (Å²) in [7, 11) is 0. The summed E-state index contributed by atoms with van der Waals surface area (Å²) < 4.78 is 41.5. The van der Waals surface area contributed by atoms with Crippen LogP contribution in [0.2, 0.25) is 0 Å². The van der Waals surface area contributed by atoms with Crippen LogP contribution in [0, 0.1) is 5.92 Å². The minimum Gasteiger partial charge on any atom is -0.265 e. The Balaban J connectivity index is 1.64. The molecule has 0 unspecified atom stereocenters. The number of fused-ring (bicyclic) bond motifs is 1. The van der Waals surface area contributed by atoms with Gasteiger partial charge in [0.25, 0.3) is 5.91 Å². The molecule has 1 N–H and O–H groups in total. The number of benzene rings is 1. The molecule has 1 aliphatic rings. The first-order valence-electron chi connectivity index (χ1n) is 9.44. The molecule has 1 amide bonds. The average molecular weight is 413 g/mol. The topological polar surface area (TPSA) is 71.7 Å². The van der Waals surface area contributed by atoms with Crippen LogP contribution in [0.5, 0.6) is 0 Å². The van der Waals surface area contributed by atoms with Crippen molar-refractivity contribution in [2.45, 2.75) is 25.4 Å². The Labute approximate surface area is 170 Å². The van der Waals surface area contributed by atoms with Crippen LogP contribution in [0.4, 0.5) is 13.2 Å². The number of carbonyl (C=O) groups excluding carboxylic acids is 1. The molecule has 0 radical (unpaired) electrons. The largest absolute Gasteiger partial charge is 0.433 e. The molecule has 0 aliphatic heterocycles. The van der Waals surface area contributed by atoms with Crippen LogP contribution in [0.3, 0.4) is 0 Å². The van der Waals surface area contributed by atoms with Crippen molar-refractivity contribution in [1.82, 2.24) is 20.0 Å². The second-order valence-electron chi connectivity index (χ2n) is 6.95. The maximum Gasteiger partial charge on any atom is 0.433 e. The summed E-state index contributed by atoms with van der Waals surface area (Å²) in [5, 5.41) is 7.74. The summed E-state index contributed by atoms with van der Waals surface area (Å²) in [6, 6.07) is 10.7. The number of allylic oxidation sites excluding steroid dienone is 2. The highest BCUT2D eigenvalue weighted by Gasteiger charge is 2.35. The highest BCUT2D eigenvalue weighted by atomic mass is 19.4. The van der Waals surface area contributed by atoms with E-state index in [1.807, 2.05) is 0 Å². The van der Waals surface area contributed by atoms with E-state index in [1.165, 1.54) is 6.07 Å². The molecule has 154 valence electrons. The normalized spacial score (nSPS) is 17.0. The van der Waals surface area contributed by atoms with Crippen LogP contribution in [-0.2, 0) is 6.18 Å². The number of carbonyl (C=O) groups is 1. The predicted octanol–water partition coefficient (Wildman–Crippen LogP) is 4.49. The third kappa shape index (κ3) is 4.24. The number of nitrogens with zero attached hydrogens (tertiary/aromatic N) is 4. The molecule has 1 atom stereocenters. The van der Waals surface area contributed by atoms with Gasteiger partial charge in [0.2, 0.25) is 0 Å². The van der Waals surface area contributed by atoms with Crippen LogP contribution in [0.1, 0.15) is 35.4 Å². The molecule has 4 rings (SSSR count). The fraction of sp³-hybridized carbons (Fsp3) is 0.238. The van der Waals surface area contributed by atoms with Crippen LogP contribution in [-0.4, -0.2) is 26.7 Å². The van der Waals surface area contributed by atoms with Gasteiger partial charge in [-0.15, -0.1) is 0 Å². The number of nitrogens with one attached hydrogen (secondary N) is 1. The Hall–Kier alpha value is -3.49. The van der Waals surface area contributed by atoms with Crippen LogP contribution in [0.15, 0.2) is 59.7 Å². The van der Waals surface area contributed by atoms with Crippen LogP contribution >= 0.6 is 0 Å². The maximum absolute atomic E-state index is 13.6. The van der Waals surface area contributed by atoms with Crippen molar-refractivity contribution in [1.29, 1.82) is 0 Å². The van der Waals surface area contributed by atoms with Gasteiger partial charge >= 0.3 is 6.18 Å². The highest BCUT2D eigenvalue weighted by Crippen LogP contribution is 2.32. The van der Waals surface area contributed by atoms with Crippen LogP contribution < -0.4 is 5.43 Å². The second kappa shape index (κ2) is 8.10. The summed E-state index contributed by atoms with van der Waals surface area (Å²) in [5.74, 6) is -0.471. The summed E-state index contributed by atoms with van der Waals surface area (Å²) in [6.07, 6.45) is 3.85. The molecule has 0 saturated carbocycles. The molecule has 0 spiro atoms. The van der Waals surface area contributed by atoms with Gasteiger partial charge in [0.1, 0.15) is 0 Å². The first kappa shape index (κ1) is 19.8. The van der Waals surface area contributed by atoms with Gasteiger partial charge < -0.3 is 0 Å². The number of hydrogen-bond donors (Lipinski definition) is 1. The van der Waals surface area contributed by atoms with E-state index in [2.05, 4.69) is 32.8 Å². The maximum atomic E-state index is 13.6. The quantitative estimate of drug-likeness (QED) is 0.389. The van der Waals surface area contributed by atoms with Gasteiger partial charge in [0, 0.05) is 17.8 Å². The van der Waals surface area contributed by atoms with Gasteiger partial charge in [0.15, 0.2) is 17.0 Å². The lowest BCUT2D eigenvalue weighted by molar-refractivity contribution is -0.142. The molecule has 2 aromatic heterocycles. The van der Waals surface area contributed by atoms with E-state index in [1.54, 1.807) is 36.5 Å². The van der Waals surface area contributed by atoms with E-state index in [0.29, 0.717) is 10.1 Å². The molecule has 6 nitrogen and oxygen atoms in total. The zero-order chi connectivity index (χ0) is 21.1. The van der Waals surface area contributed by atoms with Gasteiger partial charge in [-0.25, -0.2) is 14.9 Å². The lowest BCUT2D eigenvalue weighted by Gasteiger charge is -2.11. The Morgan fingerprint density at radius 3 is 2.70 bits per heavy atom. The number of hydrazone groups is 1. The molecular weight excluding hydrogens is 395 g/mol. The Morgan fingerprint density at radius 2 is 2.00 bits per heavy atom. The fourth-order valence-electron chi connectivity index (χ4n) is 3.26. The van der Waals surface area contributed by atoms with Gasteiger partial charge in [-0.1, -0.05) is 42.5 Å². The highest BCUT2D eigenvalue weighted by molar-refractivity contribution is 5.93. The van der Waals surface area contributed by atoms with Crippen molar-refractivity contribution in [2.24, 2.45) is 11.0 Å². The van der Waals surface area contributed by atoms with Crippen molar-refractivity contribution in [2.75, 3.05) is 0 Å². The Morgan fingerprint density at radius 1 is 1.20 bits per heavy atom. The van der Waals surface area contributed by atoms with Gasteiger partial charge in [0.05, 0.1) is 5.69 Å². The second-order valence-corrected chi connectivity index (χ2v) is 6.95. The number of rotatable bonds is 4. The molecule has 3 aromatic rings. The molecule has 30 heavy (non-hydrogen) atoms. The fourth-order valence-corrected chi connectivity index (χ4v) is 3.26. The van der Waals surface area contributed by atoms with Crippen molar-refractivity contribution < 1.29 is 18.0 Å². The molecule has 0 saturated heterocycles. The molecular formula is C21H18F3N5O. The minimum atomic E-state index is -4.67. The SMILES string of the molecule is O=C(N/N=C\[C@@H]1CC=CCC1)c1cc2nc(-c3ccccc3)cc(C(F)(F)F)n2n1. The van der Waals surface area contributed by atoms with Crippen molar-refractivity contribution in [3.8, 4) is 11.3 Å². The third-order valence-electron chi connectivity index (χ3n) is 4.78. The van der Waals surface area contributed by atoms with E-state index in [4.69, 9.17) is 0 Å². The van der Waals surface area contributed by atoms with Gasteiger partial charge in [-0.2, -0.15) is 23.4 Å². The van der Waals surface area contributed by atoms with E-state index < -0.39 is 17.8 Å². The Kier molecular flexibility index (Phi) is 5.35. The first-order chi connectivity index (χ1) is 14.4. The summed E-state index contributed by atoms with van der Waals surface area (Å²) in [6.45, 7) is 0. The minimum absolute atomic E-state index is 0.0739. The van der Waals surface area contributed by atoms with Crippen LogP contribution in [0.25, 0.3) is 16.9 Å². The third-order valence-corrected chi connectivity index (χ3v) is 4.78. The van der Waals surface area contributed by atoms with Gasteiger partial charge in [-0.05, 0) is 31.2 Å². The Bertz CT molecular complexity index is 1120. The average Bonchev–Trinajstić information content (AvgIpc) is 3.18. The molecule has 9 heteroatoms. The van der Waals surface area contributed by atoms with E-state index in [0.717, 1.165) is 25.3 Å². The zero-order valence-electron chi connectivity index (χ0n) is 15.8. The predicted molar refractivity (Wildman–Crippen MR) is 106 cm³/mol. The number of amides is 1. The van der Waals surface area contributed by atoms with Crippen molar-refractivity contribution in [3.63, 3.8) is 0 Å². The van der Waals surface area contributed by atoms with E-state index in [9.17, 15) is 18.0 Å². The molecule has 1 aliphatic carbocycles. The first-order valence-corrected chi connectivity index (χ1v) is 9.44. The summed E-state index contributed by atoms with van der Waals surface area (Å²) in [5.41, 5.74) is 1.73. The van der Waals surface area contributed by atoms with E-state index in [-0.39, 0.29) is 23.0 Å². The molecule has 1 aromatic carbocycles. The number of halogens is 3.